The first-order chi connectivity index (χ1) is 12.3. The number of amides is 4. The topological polar surface area (TPSA) is 107 Å². The Hall–Kier alpha value is -2.82. The maximum atomic E-state index is 12.8. The fourth-order valence-electron chi connectivity index (χ4n) is 3.71. The molecule has 2 aliphatic rings. The molecule has 1 saturated heterocycles. The van der Waals surface area contributed by atoms with Crippen LogP contribution in [0.4, 0.5) is 4.79 Å². The van der Waals surface area contributed by atoms with E-state index in [1.807, 2.05) is 0 Å². The summed E-state index contributed by atoms with van der Waals surface area (Å²) < 4.78 is 5.27. The van der Waals surface area contributed by atoms with Gasteiger partial charge in [-0.3, -0.25) is 14.5 Å². The fraction of sp³-hybridized carbons (Fsp3) is 0.556. The highest BCUT2D eigenvalue weighted by molar-refractivity contribution is 6.08. The number of nitrogens with zero attached hydrogens (tertiary/aromatic N) is 3. The van der Waals surface area contributed by atoms with Crippen LogP contribution in [0, 0.1) is 11.3 Å². The van der Waals surface area contributed by atoms with Crippen LogP contribution in [0.5, 0.6) is 0 Å². The molecular formula is C18H22N4O4. The second kappa shape index (κ2) is 6.48. The van der Waals surface area contributed by atoms with Crippen molar-refractivity contribution < 1.29 is 18.8 Å². The number of nitriles is 1. The van der Waals surface area contributed by atoms with E-state index in [4.69, 9.17) is 4.42 Å². The van der Waals surface area contributed by atoms with Gasteiger partial charge in [0.1, 0.15) is 17.8 Å². The summed E-state index contributed by atoms with van der Waals surface area (Å²) in [7, 11) is 1.57. The third kappa shape index (κ3) is 2.73. The number of hydrogen-bond acceptors (Lipinski definition) is 5. The molecule has 8 heteroatoms. The Kier molecular flexibility index (Phi) is 4.48. The van der Waals surface area contributed by atoms with Crippen LogP contribution in [0.1, 0.15) is 44.8 Å². The molecule has 0 radical (unpaired) electrons. The molecule has 2 heterocycles. The first-order valence-corrected chi connectivity index (χ1v) is 8.70. The minimum Gasteiger partial charge on any atom is -0.466 e. The predicted molar refractivity (Wildman–Crippen MR) is 90.5 cm³/mol. The van der Waals surface area contributed by atoms with Crippen LogP contribution in [0.3, 0.4) is 0 Å². The van der Waals surface area contributed by atoms with Crippen molar-refractivity contribution in [2.45, 2.75) is 50.1 Å². The first-order valence-electron chi connectivity index (χ1n) is 8.70. The van der Waals surface area contributed by atoms with Crippen molar-refractivity contribution in [2.75, 3.05) is 13.6 Å². The van der Waals surface area contributed by atoms with Gasteiger partial charge in [0, 0.05) is 7.05 Å². The number of hydrogen-bond donors (Lipinski definition) is 1. The van der Waals surface area contributed by atoms with Crippen LogP contribution in [0.25, 0.3) is 0 Å². The molecular weight excluding hydrogens is 336 g/mol. The van der Waals surface area contributed by atoms with E-state index in [0.717, 1.165) is 24.2 Å². The van der Waals surface area contributed by atoms with Gasteiger partial charge in [0.05, 0.1) is 12.3 Å². The summed E-state index contributed by atoms with van der Waals surface area (Å²) in [5, 5.41) is 12.2. The second-order valence-electron chi connectivity index (χ2n) is 7.08. The number of furan rings is 1. The van der Waals surface area contributed by atoms with Crippen molar-refractivity contribution in [2.24, 2.45) is 0 Å². The Labute approximate surface area is 151 Å². The lowest BCUT2D eigenvalue weighted by molar-refractivity contribution is -0.141. The lowest BCUT2D eigenvalue weighted by Crippen LogP contribution is -2.53. The Morgan fingerprint density at radius 2 is 2.08 bits per heavy atom. The van der Waals surface area contributed by atoms with Crippen molar-refractivity contribution >= 4 is 17.8 Å². The molecule has 0 aromatic carbocycles. The zero-order valence-corrected chi connectivity index (χ0v) is 14.9. The summed E-state index contributed by atoms with van der Waals surface area (Å²) in [6, 6.07) is 4.85. The van der Waals surface area contributed by atoms with Gasteiger partial charge in [0.15, 0.2) is 5.54 Å². The molecule has 1 unspecified atom stereocenters. The van der Waals surface area contributed by atoms with Crippen molar-refractivity contribution in [1.29, 1.82) is 5.26 Å². The molecule has 4 amide bonds. The summed E-state index contributed by atoms with van der Waals surface area (Å²) in [6.07, 6.45) is 5.43. The van der Waals surface area contributed by atoms with E-state index in [0.29, 0.717) is 18.6 Å². The lowest BCUT2D eigenvalue weighted by Gasteiger charge is -2.39. The van der Waals surface area contributed by atoms with Crippen molar-refractivity contribution in [1.82, 2.24) is 15.1 Å². The SMILES string of the molecule is CN(C(=O)CN1C(=O)NC(C)(c2ccco2)C1=O)C1(C#N)CCCCC1. The van der Waals surface area contributed by atoms with Crippen molar-refractivity contribution in [3.8, 4) is 6.07 Å². The molecule has 1 saturated carbocycles. The molecule has 1 aliphatic carbocycles. The minimum atomic E-state index is -1.34. The van der Waals surface area contributed by atoms with Crippen LogP contribution in [-0.2, 0) is 15.1 Å². The third-order valence-corrected chi connectivity index (χ3v) is 5.49. The standard InChI is InChI=1S/C18H22N4O4/c1-17(13-7-6-10-26-13)15(24)22(16(25)20-17)11-14(23)21(2)18(12-19)8-4-3-5-9-18/h6-7,10H,3-5,8-9,11H2,1-2H3,(H,20,25). The van der Waals surface area contributed by atoms with E-state index in [1.165, 1.54) is 18.1 Å². The summed E-state index contributed by atoms with van der Waals surface area (Å²) in [4.78, 5) is 40.1. The molecule has 26 heavy (non-hydrogen) atoms. The van der Waals surface area contributed by atoms with Crippen LogP contribution in [0.2, 0.25) is 0 Å². The molecule has 8 nitrogen and oxygen atoms in total. The van der Waals surface area contributed by atoms with E-state index < -0.39 is 35.5 Å². The van der Waals surface area contributed by atoms with Gasteiger partial charge in [-0.15, -0.1) is 0 Å². The van der Waals surface area contributed by atoms with Gasteiger partial charge in [0.2, 0.25) is 5.91 Å². The monoisotopic (exact) mass is 358 g/mol. The van der Waals surface area contributed by atoms with E-state index in [-0.39, 0.29) is 0 Å². The zero-order valence-electron chi connectivity index (χ0n) is 14.9. The maximum absolute atomic E-state index is 12.8. The Bertz CT molecular complexity index is 761. The van der Waals surface area contributed by atoms with Gasteiger partial charge in [-0.25, -0.2) is 4.79 Å². The van der Waals surface area contributed by atoms with E-state index in [2.05, 4.69) is 11.4 Å². The summed E-state index contributed by atoms with van der Waals surface area (Å²) in [5.41, 5.74) is -2.20. The van der Waals surface area contributed by atoms with Crippen LogP contribution >= 0.6 is 0 Å². The van der Waals surface area contributed by atoms with Crippen LogP contribution in [-0.4, -0.2) is 46.8 Å². The molecule has 1 aliphatic heterocycles. The molecule has 1 N–H and O–H groups in total. The molecule has 1 aromatic rings. The van der Waals surface area contributed by atoms with Gasteiger partial charge in [-0.05, 0) is 31.9 Å². The Morgan fingerprint density at radius 3 is 2.65 bits per heavy atom. The number of carbonyl (C=O) groups excluding carboxylic acids is 3. The third-order valence-electron chi connectivity index (χ3n) is 5.49. The maximum Gasteiger partial charge on any atom is 0.325 e. The van der Waals surface area contributed by atoms with Crippen molar-refractivity contribution in [3.05, 3.63) is 24.2 Å². The smallest absolute Gasteiger partial charge is 0.325 e. The molecule has 2 fully saturated rings. The average molecular weight is 358 g/mol. The van der Waals surface area contributed by atoms with Gasteiger partial charge >= 0.3 is 6.03 Å². The first kappa shape index (κ1) is 18.0. The largest absolute Gasteiger partial charge is 0.466 e. The fourth-order valence-corrected chi connectivity index (χ4v) is 3.71. The van der Waals surface area contributed by atoms with E-state index in [1.54, 1.807) is 19.2 Å². The molecule has 0 bridgehead atoms. The second-order valence-corrected chi connectivity index (χ2v) is 7.08. The predicted octanol–water partition coefficient (Wildman–Crippen LogP) is 1.73. The molecule has 1 atom stereocenters. The number of urea groups is 1. The highest BCUT2D eigenvalue weighted by Crippen LogP contribution is 2.33. The van der Waals surface area contributed by atoms with Crippen LogP contribution in [0.15, 0.2) is 22.8 Å². The van der Waals surface area contributed by atoms with Crippen LogP contribution < -0.4 is 5.32 Å². The van der Waals surface area contributed by atoms with Gasteiger partial charge < -0.3 is 14.6 Å². The van der Waals surface area contributed by atoms with E-state index >= 15 is 0 Å². The number of rotatable bonds is 4. The molecule has 0 spiro atoms. The Balaban J connectivity index is 1.76. The summed E-state index contributed by atoms with van der Waals surface area (Å²) >= 11 is 0. The lowest BCUT2D eigenvalue weighted by atomic mass is 9.81. The molecule has 3 rings (SSSR count). The van der Waals surface area contributed by atoms with Crippen molar-refractivity contribution in [3.63, 3.8) is 0 Å². The Morgan fingerprint density at radius 1 is 1.38 bits per heavy atom. The summed E-state index contributed by atoms with van der Waals surface area (Å²) in [5.74, 6) is -0.672. The summed E-state index contributed by atoms with van der Waals surface area (Å²) in [6.45, 7) is 1.14. The molecule has 138 valence electrons. The zero-order chi connectivity index (χ0) is 18.9. The minimum absolute atomic E-state index is 0.305. The quantitative estimate of drug-likeness (QED) is 0.825. The number of carbonyl (C=O) groups is 3. The average Bonchev–Trinajstić information content (AvgIpc) is 3.26. The number of imide groups is 1. The molecule has 1 aromatic heterocycles. The highest BCUT2D eigenvalue weighted by atomic mass is 16.3. The van der Waals surface area contributed by atoms with Gasteiger partial charge in [0.25, 0.3) is 5.91 Å². The number of likely N-dealkylation sites (N-methyl/N-ethyl adjacent to an activating group) is 1. The van der Waals surface area contributed by atoms with E-state index in [9.17, 15) is 19.6 Å². The normalized spacial score (nSPS) is 24.9. The van der Waals surface area contributed by atoms with Gasteiger partial charge in [-0.2, -0.15) is 5.26 Å². The highest BCUT2D eigenvalue weighted by Gasteiger charge is 2.52. The number of nitrogens with one attached hydrogen (secondary N) is 1. The van der Waals surface area contributed by atoms with Gasteiger partial charge in [-0.1, -0.05) is 19.3 Å².